The first-order valence-electron chi connectivity index (χ1n) is 9.16. The van der Waals surface area contributed by atoms with Gasteiger partial charge in [0.25, 0.3) is 5.91 Å². The summed E-state index contributed by atoms with van der Waals surface area (Å²) in [6, 6.07) is 13.0. The Morgan fingerprint density at radius 3 is 2.36 bits per heavy atom. The number of fused-ring (bicyclic) bond motifs is 1. The molecule has 4 rings (SSSR count). The van der Waals surface area contributed by atoms with E-state index in [1.165, 1.54) is 30.5 Å². The second-order valence-electron chi connectivity index (χ2n) is 6.83. The van der Waals surface area contributed by atoms with E-state index in [4.69, 9.17) is 11.6 Å². The lowest BCUT2D eigenvalue weighted by molar-refractivity contribution is 0.0720. The SMILES string of the molecule is O=C(c1cnc2ccccc2c1S(=O)(=O)c1ccc(Cl)cc1)N1CCCCC1. The van der Waals surface area contributed by atoms with Crippen LogP contribution in [0.5, 0.6) is 0 Å². The highest BCUT2D eigenvalue weighted by Gasteiger charge is 2.30. The number of halogens is 1. The Hall–Kier alpha value is -2.44. The normalized spacial score (nSPS) is 15.0. The van der Waals surface area contributed by atoms with Gasteiger partial charge >= 0.3 is 0 Å². The predicted octanol–water partition coefficient (Wildman–Crippen LogP) is 4.35. The first-order valence-corrected chi connectivity index (χ1v) is 11.0. The number of para-hydroxylation sites is 1. The molecule has 1 aliphatic heterocycles. The topological polar surface area (TPSA) is 67.3 Å². The third-order valence-electron chi connectivity index (χ3n) is 4.99. The molecule has 2 aromatic carbocycles. The van der Waals surface area contributed by atoms with Gasteiger partial charge in [-0.1, -0.05) is 29.8 Å². The molecule has 0 spiro atoms. The van der Waals surface area contributed by atoms with E-state index in [1.54, 1.807) is 29.2 Å². The van der Waals surface area contributed by atoms with Gasteiger partial charge in [0.2, 0.25) is 9.84 Å². The van der Waals surface area contributed by atoms with Crippen molar-refractivity contribution in [1.29, 1.82) is 0 Å². The maximum absolute atomic E-state index is 13.5. The summed E-state index contributed by atoms with van der Waals surface area (Å²) in [4.78, 5) is 19.4. The number of likely N-dealkylation sites (tertiary alicyclic amines) is 1. The first kappa shape index (κ1) is 18.9. The molecule has 0 bridgehead atoms. The predicted molar refractivity (Wildman–Crippen MR) is 108 cm³/mol. The van der Waals surface area contributed by atoms with Crippen LogP contribution in [0.1, 0.15) is 29.6 Å². The van der Waals surface area contributed by atoms with Gasteiger partial charge in [-0.2, -0.15) is 0 Å². The number of pyridine rings is 1. The minimum absolute atomic E-state index is 0.0102. The van der Waals surface area contributed by atoms with Gasteiger partial charge in [0.15, 0.2) is 0 Å². The number of hydrogen-bond donors (Lipinski definition) is 0. The summed E-state index contributed by atoms with van der Waals surface area (Å²) in [5, 5.41) is 0.892. The fraction of sp³-hybridized carbons (Fsp3) is 0.238. The number of benzene rings is 2. The molecule has 7 heteroatoms. The van der Waals surface area contributed by atoms with Crippen LogP contribution >= 0.6 is 11.6 Å². The van der Waals surface area contributed by atoms with Crippen molar-refractivity contribution in [3.8, 4) is 0 Å². The van der Waals surface area contributed by atoms with Gasteiger partial charge in [-0.15, -0.1) is 0 Å². The van der Waals surface area contributed by atoms with E-state index in [9.17, 15) is 13.2 Å². The average Bonchev–Trinajstić information content (AvgIpc) is 2.73. The summed E-state index contributed by atoms with van der Waals surface area (Å²) in [5.41, 5.74) is 0.654. The fourth-order valence-corrected chi connectivity index (χ4v) is 5.30. The second kappa shape index (κ2) is 7.53. The van der Waals surface area contributed by atoms with E-state index < -0.39 is 9.84 Å². The summed E-state index contributed by atoms with van der Waals surface area (Å²) in [6.45, 7) is 1.26. The molecule has 2 heterocycles. The van der Waals surface area contributed by atoms with E-state index in [2.05, 4.69) is 4.98 Å². The molecule has 0 aliphatic carbocycles. The van der Waals surface area contributed by atoms with Crippen molar-refractivity contribution in [1.82, 2.24) is 9.88 Å². The lowest BCUT2D eigenvalue weighted by Gasteiger charge is -2.27. The lowest BCUT2D eigenvalue weighted by atomic mass is 10.1. The zero-order valence-electron chi connectivity index (χ0n) is 15.1. The van der Waals surface area contributed by atoms with Crippen LogP contribution in [0, 0.1) is 0 Å². The minimum Gasteiger partial charge on any atom is -0.339 e. The molecule has 0 radical (unpaired) electrons. The van der Waals surface area contributed by atoms with Crippen molar-refractivity contribution >= 4 is 38.2 Å². The first-order chi connectivity index (χ1) is 13.5. The molecule has 5 nitrogen and oxygen atoms in total. The zero-order valence-corrected chi connectivity index (χ0v) is 16.7. The van der Waals surface area contributed by atoms with Crippen molar-refractivity contribution in [2.75, 3.05) is 13.1 Å². The summed E-state index contributed by atoms with van der Waals surface area (Å²) >= 11 is 5.92. The molecule has 0 unspecified atom stereocenters. The highest BCUT2D eigenvalue weighted by atomic mass is 35.5. The third kappa shape index (κ3) is 3.38. The Bertz CT molecular complexity index is 1140. The molecule has 0 saturated carbocycles. The van der Waals surface area contributed by atoms with E-state index in [0.29, 0.717) is 29.0 Å². The molecule has 1 aromatic heterocycles. The van der Waals surface area contributed by atoms with Gasteiger partial charge in [0, 0.05) is 29.7 Å². The van der Waals surface area contributed by atoms with Crippen LogP contribution in [-0.4, -0.2) is 37.3 Å². The highest BCUT2D eigenvalue weighted by Crippen LogP contribution is 2.32. The van der Waals surface area contributed by atoms with Crippen LogP contribution in [0.3, 0.4) is 0 Å². The number of hydrogen-bond acceptors (Lipinski definition) is 4. The monoisotopic (exact) mass is 414 g/mol. The Morgan fingerprint density at radius 2 is 1.64 bits per heavy atom. The fourth-order valence-electron chi connectivity index (χ4n) is 3.56. The van der Waals surface area contributed by atoms with Crippen LogP contribution in [0.15, 0.2) is 64.5 Å². The second-order valence-corrected chi connectivity index (χ2v) is 9.15. The number of rotatable bonds is 3. The van der Waals surface area contributed by atoms with Gasteiger partial charge < -0.3 is 4.90 Å². The van der Waals surface area contributed by atoms with Crippen LogP contribution in [0.25, 0.3) is 10.9 Å². The van der Waals surface area contributed by atoms with Crippen LogP contribution in [0.4, 0.5) is 0 Å². The van der Waals surface area contributed by atoms with Crippen molar-refractivity contribution in [3.05, 3.63) is 65.3 Å². The number of carbonyl (C=O) groups excluding carboxylic acids is 1. The smallest absolute Gasteiger partial charge is 0.256 e. The van der Waals surface area contributed by atoms with E-state index in [0.717, 1.165) is 19.3 Å². The summed E-state index contributed by atoms with van der Waals surface area (Å²) in [7, 11) is -3.94. The maximum atomic E-state index is 13.5. The van der Waals surface area contributed by atoms with Gasteiger partial charge in [0.05, 0.1) is 20.9 Å². The number of nitrogens with zero attached hydrogens (tertiary/aromatic N) is 2. The molecule has 0 N–H and O–H groups in total. The van der Waals surface area contributed by atoms with Crippen molar-refractivity contribution in [2.24, 2.45) is 0 Å². The number of sulfone groups is 1. The molecular formula is C21H19ClN2O3S. The van der Waals surface area contributed by atoms with Crippen molar-refractivity contribution in [2.45, 2.75) is 29.1 Å². The molecule has 144 valence electrons. The highest BCUT2D eigenvalue weighted by molar-refractivity contribution is 7.91. The van der Waals surface area contributed by atoms with Crippen LogP contribution in [-0.2, 0) is 9.84 Å². The van der Waals surface area contributed by atoms with Crippen molar-refractivity contribution < 1.29 is 13.2 Å². The van der Waals surface area contributed by atoms with Gasteiger partial charge in [-0.25, -0.2) is 8.42 Å². The Balaban J connectivity index is 1.94. The van der Waals surface area contributed by atoms with Crippen LogP contribution < -0.4 is 0 Å². The summed E-state index contributed by atoms with van der Waals surface area (Å²) in [5.74, 6) is -0.287. The molecule has 3 aromatic rings. The molecular weight excluding hydrogens is 396 g/mol. The zero-order chi connectivity index (χ0) is 19.7. The number of aromatic nitrogens is 1. The Kier molecular flexibility index (Phi) is 5.08. The molecule has 28 heavy (non-hydrogen) atoms. The summed E-state index contributed by atoms with van der Waals surface area (Å²) in [6.07, 6.45) is 4.32. The number of amides is 1. The Morgan fingerprint density at radius 1 is 0.964 bits per heavy atom. The lowest BCUT2D eigenvalue weighted by Crippen LogP contribution is -2.36. The molecule has 1 fully saturated rings. The van der Waals surface area contributed by atoms with Gasteiger partial charge in [-0.05, 0) is 49.6 Å². The standard InChI is InChI=1S/C21H19ClN2O3S/c22-15-8-10-16(11-9-15)28(26,27)20-17-6-2-3-7-19(17)23-14-18(20)21(25)24-12-4-1-5-13-24/h2-3,6-11,14H,1,4-5,12-13H2. The van der Waals surface area contributed by atoms with E-state index in [-0.39, 0.29) is 21.3 Å². The Labute approximate surface area is 168 Å². The summed E-state index contributed by atoms with van der Waals surface area (Å²) < 4.78 is 27.1. The van der Waals surface area contributed by atoms with E-state index >= 15 is 0 Å². The molecule has 1 amide bonds. The third-order valence-corrected chi connectivity index (χ3v) is 7.11. The molecule has 1 saturated heterocycles. The molecule has 0 atom stereocenters. The van der Waals surface area contributed by atoms with Gasteiger partial charge in [0.1, 0.15) is 0 Å². The molecule has 1 aliphatic rings. The van der Waals surface area contributed by atoms with E-state index in [1.807, 2.05) is 0 Å². The average molecular weight is 415 g/mol. The van der Waals surface area contributed by atoms with Crippen molar-refractivity contribution in [3.63, 3.8) is 0 Å². The van der Waals surface area contributed by atoms with Gasteiger partial charge in [-0.3, -0.25) is 9.78 Å². The van der Waals surface area contributed by atoms with Crippen LogP contribution in [0.2, 0.25) is 5.02 Å². The minimum atomic E-state index is -3.94. The number of piperidine rings is 1. The quantitative estimate of drug-likeness (QED) is 0.639. The largest absolute Gasteiger partial charge is 0.339 e. The maximum Gasteiger partial charge on any atom is 0.256 e. The number of carbonyl (C=O) groups is 1.